The number of benzene rings is 1. The molecule has 1 aliphatic rings. The SMILES string of the molecule is CN(CCCOc1ccc(N)cc1)CC1CCCN1C. The number of anilines is 1. The van der Waals surface area contributed by atoms with Gasteiger partial charge in [0.2, 0.25) is 0 Å². The van der Waals surface area contributed by atoms with Crippen LogP contribution in [0.4, 0.5) is 5.69 Å². The van der Waals surface area contributed by atoms with Gasteiger partial charge in [0, 0.05) is 24.8 Å². The highest BCUT2D eigenvalue weighted by molar-refractivity contribution is 5.41. The summed E-state index contributed by atoms with van der Waals surface area (Å²) >= 11 is 0. The van der Waals surface area contributed by atoms with Crippen LogP contribution >= 0.6 is 0 Å². The number of hydrogen-bond acceptors (Lipinski definition) is 4. The fourth-order valence-electron chi connectivity index (χ4n) is 2.75. The molecule has 4 nitrogen and oxygen atoms in total. The number of likely N-dealkylation sites (N-methyl/N-ethyl adjacent to an activating group) is 2. The molecule has 0 amide bonds. The number of ether oxygens (including phenoxy) is 1. The zero-order valence-corrected chi connectivity index (χ0v) is 12.7. The number of hydrogen-bond donors (Lipinski definition) is 1. The van der Waals surface area contributed by atoms with E-state index in [1.807, 2.05) is 24.3 Å². The minimum Gasteiger partial charge on any atom is -0.494 e. The lowest BCUT2D eigenvalue weighted by atomic mass is 10.2. The van der Waals surface area contributed by atoms with Gasteiger partial charge in [-0.3, -0.25) is 0 Å². The number of nitrogens with two attached hydrogens (primary N) is 1. The Hall–Kier alpha value is -1.26. The van der Waals surface area contributed by atoms with Crippen LogP contribution in [0.5, 0.6) is 5.75 Å². The van der Waals surface area contributed by atoms with Gasteiger partial charge < -0.3 is 20.3 Å². The van der Waals surface area contributed by atoms with Gasteiger partial charge in [0.15, 0.2) is 0 Å². The zero-order valence-electron chi connectivity index (χ0n) is 12.7. The molecule has 0 saturated carbocycles. The summed E-state index contributed by atoms with van der Waals surface area (Å²) in [4.78, 5) is 4.89. The van der Waals surface area contributed by atoms with Crippen LogP contribution in [0.1, 0.15) is 19.3 Å². The highest BCUT2D eigenvalue weighted by atomic mass is 16.5. The fraction of sp³-hybridized carbons (Fsp3) is 0.625. The molecule has 1 saturated heterocycles. The molecule has 1 heterocycles. The molecule has 2 rings (SSSR count). The molecule has 1 fully saturated rings. The van der Waals surface area contributed by atoms with Gasteiger partial charge in [-0.05, 0) is 64.2 Å². The maximum Gasteiger partial charge on any atom is 0.119 e. The Morgan fingerprint density at radius 3 is 2.75 bits per heavy atom. The molecule has 4 heteroatoms. The van der Waals surface area contributed by atoms with Crippen LogP contribution in [0.3, 0.4) is 0 Å². The van der Waals surface area contributed by atoms with E-state index in [0.717, 1.165) is 37.1 Å². The third-order valence-electron chi connectivity index (χ3n) is 4.03. The topological polar surface area (TPSA) is 41.7 Å². The number of nitrogen functional groups attached to an aromatic ring is 1. The Balaban J connectivity index is 1.59. The summed E-state index contributed by atoms with van der Waals surface area (Å²) in [6, 6.07) is 8.33. The molecule has 2 N–H and O–H groups in total. The van der Waals surface area contributed by atoms with Gasteiger partial charge >= 0.3 is 0 Å². The average Bonchev–Trinajstić information content (AvgIpc) is 2.82. The van der Waals surface area contributed by atoms with Gasteiger partial charge in [-0.15, -0.1) is 0 Å². The first-order chi connectivity index (χ1) is 9.65. The molecule has 1 aromatic carbocycles. The van der Waals surface area contributed by atoms with Crippen molar-refractivity contribution in [2.24, 2.45) is 0 Å². The maximum atomic E-state index is 5.71. The normalized spacial score (nSPS) is 19.6. The Kier molecular flexibility index (Phi) is 5.68. The molecule has 0 aliphatic carbocycles. The Morgan fingerprint density at radius 2 is 2.10 bits per heavy atom. The smallest absolute Gasteiger partial charge is 0.119 e. The summed E-state index contributed by atoms with van der Waals surface area (Å²) < 4.78 is 5.71. The van der Waals surface area contributed by atoms with Crippen LogP contribution in [0, 0.1) is 0 Å². The third-order valence-corrected chi connectivity index (χ3v) is 4.03. The van der Waals surface area contributed by atoms with Crippen LogP contribution < -0.4 is 10.5 Å². The van der Waals surface area contributed by atoms with Crippen LogP contribution in [0.2, 0.25) is 0 Å². The molecule has 0 aromatic heterocycles. The van der Waals surface area contributed by atoms with Crippen molar-refractivity contribution < 1.29 is 4.74 Å². The van der Waals surface area contributed by atoms with Crippen molar-refractivity contribution in [3.63, 3.8) is 0 Å². The minimum absolute atomic E-state index is 0.734. The lowest BCUT2D eigenvalue weighted by Gasteiger charge is -2.25. The molecular formula is C16H27N3O. The second-order valence-corrected chi connectivity index (χ2v) is 5.81. The number of rotatable bonds is 7. The molecule has 112 valence electrons. The fourth-order valence-corrected chi connectivity index (χ4v) is 2.75. The molecule has 1 atom stereocenters. The second kappa shape index (κ2) is 7.50. The highest BCUT2D eigenvalue weighted by Crippen LogP contribution is 2.16. The largest absolute Gasteiger partial charge is 0.494 e. The monoisotopic (exact) mass is 277 g/mol. The lowest BCUT2D eigenvalue weighted by molar-refractivity contribution is 0.205. The van der Waals surface area contributed by atoms with E-state index in [2.05, 4.69) is 23.9 Å². The van der Waals surface area contributed by atoms with Gasteiger partial charge in [0.25, 0.3) is 0 Å². The second-order valence-electron chi connectivity index (χ2n) is 5.81. The summed E-state index contributed by atoms with van der Waals surface area (Å²) in [5.41, 5.74) is 6.42. The van der Waals surface area contributed by atoms with Crippen LogP contribution in [0.25, 0.3) is 0 Å². The van der Waals surface area contributed by atoms with E-state index in [0.29, 0.717) is 0 Å². The molecule has 1 aromatic rings. The first kappa shape index (κ1) is 15.1. The highest BCUT2D eigenvalue weighted by Gasteiger charge is 2.21. The third kappa shape index (κ3) is 4.69. The van der Waals surface area contributed by atoms with Crippen LogP contribution in [-0.2, 0) is 0 Å². The van der Waals surface area contributed by atoms with E-state index < -0.39 is 0 Å². The molecule has 1 aliphatic heterocycles. The summed E-state index contributed by atoms with van der Waals surface area (Å²) in [6.07, 6.45) is 3.73. The van der Waals surface area contributed by atoms with Crippen LogP contribution in [0.15, 0.2) is 24.3 Å². The molecule has 0 bridgehead atoms. The van der Waals surface area contributed by atoms with Crippen molar-refractivity contribution in [2.45, 2.75) is 25.3 Å². The Labute approximate surface area is 122 Å². The van der Waals surface area contributed by atoms with E-state index in [9.17, 15) is 0 Å². The van der Waals surface area contributed by atoms with Gasteiger partial charge in [0.05, 0.1) is 6.61 Å². The predicted molar refractivity (Wildman–Crippen MR) is 84.1 cm³/mol. The predicted octanol–water partition coefficient (Wildman–Crippen LogP) is 2.06. The van der Waals surface area contributed by atoms with Crippen molar-refractivity contribution in [2.75, 3.05) is 46.1 Å². The molecule has 20 heavy (non-hydrogen) atoms. The first-order valence-corrected chi connectivity index (χ1v) is 7.52. The Bertz CT molecular complexity index is 393. The maximum absolute atomic E-state index is 5.71. The number of likely N-dealkylation sites (tertiary alicyclic amines) is 1. The Morgan fingerprint density at radius 1 is 1.35 bits per heavy atom. The van der Waals surface area contributed by atoms with Crippen molar-refractivity contribution in [1.29, 1.82) is 0 Å². The van der Waals surface area contributed by atoms with E-state index in [1.54, 1.807) is 0 Å². The van der Waals surface area contributed by atoms with Crippen molar-refractivity contribution in [1.82, 2.24) is 9.80 Å². The lowest BCUT2D eigenvalue weighted by Crippen LogP contribution is -2.37. The average molecular weight is 277 g/mol. The summed E-state index contributed by atoms with van der Waals surface area (Å²) in [6.45, 7) is 4.26. The van der Waals surface area contributed by atoms with E-state index in [-0.39, 0.29) is 0 Å². The van der Waals surface area contributed by atoms with Crippen molar-refractivity contribution in [3.8, 4) is 5.75 Å². The molecular weight excluding hydrogens is 250 g/mol. The molecule has 1 unspecified atom stereocenters. The van der Waals surface area contributed by atoms with Gasteiger partial charge in [0.1, 0.15) is 5.75 Å². The van der Waals surface area contributed by atoms with E-state index >= 15 is 0 Å². The quantitative estimate of drug-likeness (QED) is 0.612. The molecule has 0 spiro atoms. The van der Waals surface area contributed by atoms with Gasteiger partial charge in [-0.2, -0.15) is 0 Å². The zero-order chi connectivity index (χ0) is 14.4. The van der Waals surface area contributed by atoms with Crippen molar-refractivity contribution >= 4 is 5.69 Å². The first-order valence-electron chi connectivity index (χ1n) is 7.52. The standard InChI is InChI=1S/C16H27N3O/c1-18(13-15-5-3-11-19(15)2)10-4-12-20-16-8-6-14(17)7-9-16/h6-9,15H,3-5,10-13,17H2,1-2H3. The summed E-state index contributed by atoms with van der Waals surface area (Å²) in [7, 11) is 4.44. The van der Waals surface area contributed by atoms with E-state index in [1.165, 1.54) is 25.9 Å². The molecule has 0 radical (unpaired) electrons. The van der Waals surface area contributed by atoms with E-state index in [4.69, 9.17) is 10.5 Å². The van der Waals surface area contributed by atoms with Gasteiger partial charge in [-0.25, -0.2) is 0 Å². The summed E-state index contributed by atoms with van der Waals surface area (Å²) in [5.74, 6) is 0.900. The minimum atomic E-state index is 0.734. The summed E-state index contributed by atoms with van der Waals surface area (Å²) in [5, 5.41) is 0. The number of nitrogens with zero attached hydrogens (tertiary/aromatic N) is 2. The van der Waals surface area contributed by atoms with Crippen molar-refractivity contribution in [3.05, 3.63) is 24.3 Å². The van der Waals surface area contributed by atoms with Gasteiger partial charge in [-0.1, -0.05) is 0 Å². The van der Waals surface area contributed by atoms with Crippen LogP contribution in [-0.4, -0.2) is 56.2 Å².